The van der Waals surface area contributed by atoms with Crippen molar-refractivity contribution in [2.24, 2.45) is 0 Å². The molecule has 0 radical (unpaired) electrons. The van der Waals surface area contributed by atoms with Crippen LogP contribution >= 0.6 is 0 Å². The SMILES string of the molecule is Cc1cc(F)cc(NCC(=O)NC(C)C)c1. The van der Waals surface area contributed by atoms with E-state index in [1.54, 1.807) is 6.07 Å². The summed E-state index contributed by atoms with van der Waals surface area (Å²) in [5.74, 6) is -0.399. The van der Waals surface area contributed by atoms with Crippen LogP contribution in [0.3, 0.4) is 0 Å². The van der Waals surface area contributed by atoms with Crippen molar-refractivity contribution < 1.29 is 9.18 Å². The number of benzene rings is 1. The van der Waals surface area contributed by atoms with Gasteiger partial charge in [0.25, 0.3) is 0 Å². The number of aryl methyl sites for hydroxylation is 1. The van der Waals surface area contributed by atoms with Crippen LogP contribution in [0.4, 0.5) is 10.1 Å². The third-order valence-electron chi connectivity index (χ3n) is 1.94. The van der Waals surface area contributed by atoms with E-state index in [9.17, 15) is 9.18 Å². The van der Waals surface area contributed by atoms with Gasteiger partial charge in [-0.3, -0.25) is 4.79 Å². The lowest BCUT2D eigenvalue weighted by molar-refractivity contribution is -0.119. The number of carbonyl (C=O) groups excluding carboxylic acids is 1. The minimum atomic E-state index is -0.299. The zero-order chi connectivity index (χ0) is 12.1. The Hall–Kier alpha value is -1.58. The standard InChI is InChI=1S/C12H17FN2O/c1-8(2)15-12(16)7-14-11-5-9(3)4-10(13)6-11/h4-6,8,14H,7H2,1-3H3,(H,15,16). The van der Waals surface area contributed by atoms with Gasteiger partial charge < -0.3 is 10.6 Å². The molecule has 0 aliphatic carbocycles. The lowest BCUT2D eigenvalue weighted by atomic mass is 10.2. The zero-order valence-electron chi connectivity index (χ0n) is 9.80. The Morgan fingerprint density at radius 2 is 2.06 bits per heavy atom. The number of hydrogen-bond acceptors (Lipinski definition) is 2. The van der Waals surface area contributed by atoms with E-state index in [1.165, 1.54) is 12.1 Å². The first kappa shape index (κ1) is 12.5. The van der Waals surface area contributed by atoms with Crippen molar-refractivity contribution in [1.29, 1.82) is 0 Å². The monoisotopic (exact) mass is 224 g/mol. The van der Waals surface area contributed by atoms with Gasteiger partial charge in [-0.15, -0.1) is 0 Å². The Morgan fingerprint density at radius 3 is 2.62 bits per heavy atom. The predicted molar refractivity (Wildman–Crippen MR) is 62.9 cm³/mol. The highest BCUT2D eigenvalue weighted by atomic mass is 19.1. The molecule has 0 bridgehead atoms. The van der Waals surface area contributed by atoms with Crippen molar-refractivity contribution in [3.05, 3.63) is 29.6 Å². The molecule has 1 aromatic carbocycles. The average molecular weight is 224 g/mol. The number of hydrogen-bond donors (Lipinski definition) is 2. The lowest BCUT2D eigenvalue weighted by Crippen LogP contribution is -2.34. The number of halogens is 1. The van der Waals surface area contributed by atoms with E-state index in [1.807, 2.05) is 20.8 Å². The fraction of sp³-hybridized carbons (Fsp3) is 0.417. The summed E-state index contributed by atoms with van der Waals surface area (Å²) in [4.78, 5) is 11.3. The van der Waals surface area contributed by atoms with Crippen LogP contribution < -0.4 is 10.6 Å². The van der Waals surface area contributed by atoms with Crippen molar-refractivity contribution in [2.45, 2.75) is 26.8 Å². The Labute approximate surface area is 95.0 Å². The Morgan fingerprint density at radius 1 is 1.38 bits per heavy atom. The van der Waals surface area contributed by atoms with E-state index in [0.717, 1.165) is 5.56 Å². The number of anilines is 1. The summed E-state index contributed by atoms with van der Waals surface area (Å²) in [5.41, 5.74) is 1.45. The maximum absolute atomic E-state index is 13.0. The number of amides is 1. The third kappa shape index (κ3) is 4.29. The van der Waals surface area contributed by atoms with Gasteiger partial charge >= 0.3 is 0 Å². The molecule has 0 atom stereocenters. The summed E-state index contributed by atoms with van der Waals surface area (Å²) < 4.78 is 13.0. The lowest BCUT2D eigenvalue weighted by Gasteiger charge is -2.10. The molecule has 88 valence electrons. The molecule has 0 saturated carbocycles. The Bertz CT molecular complexity index is 357. The van der Waals surface area contributed by atoms with E-state index < -0.39 is 0 Å². The minimum absolute atomic E-state index is 0.100. The first-order chi connectivity index (χ1) is 7.47. The van der Waals surface area contributed by atoms with Gasteiger partial charge in [-0.2, -0.15) is 0 Å². The largest absolute Gasteiger partial charge is 0.376 e. The smallest absolute Gasteiger partial charge is 0.239 e. The molecule has 0 aliphatic rings. The van der Waals surface area contributed by atoms with Crippen LogP contribution in [0.15, 0.2) is 18.2 Å². The average Bonchev–Trinajstić information content (AvgIpc) is 2.12. The minimum Gasteiger partial charge on any atom is -0.376 e. The summed E-state index contributed by atoms with van der Waals surface area (Å²) >= 11 is 0. The van der Waals surface area contributed by atoms with Crippen molar-refractivity contribution in [2.75, 3.05) is 11.9 Å². The van der Waals surface area contributed by atoms with Crippen LogP contribution in [0.5, 0.6) is 0 Å². The first-order valence-corrected chi connectivity index (χ1v) is 5.28. The second kappa shape index (κ2) is 5.49. The molecule has 1 rings (SSSR count). The van der Waals surface area contributed by atoms with Gasteiger partial charge in [0.05, 0.1) is 6.54 Å². The second-order valence-electron chi connectivity index (χ2n) is 4.09. The molecule has 4 heteroatoms. The Kier molecular flexibility index (Phi) is 4.28. The number of rotatable bonds is 4. The van der Waals surface area contributed by atoms with Gasteiger partial charge in [0.1, 0.15) is 5.82 Å². The summed E-state index contributed by atoms with van der Waals surface area (Å²) in [5, 5.41) is 5.63. The van der Waals surface area contributed by atoms with Gasteiger partial charge in [-0.05, 0) is 44.5 Å². The van der Waals surface area contributed by atoms with Crippen molar-refractivity contribution in [3.63, 3.8) is 0 Å². The van der Waals surface area contributed by atoms with Crippen LogP contribution in [0.25, 0.3) is 0 Å². The molecule has 0 fully saturated rings. The summed E-state index contributed by atoms with van der Waals surface area (Å²) in [6.45, 7) is 5.75. The molecule has 0 saturated heterocycles. The molecule has 16 heavy (non-hydrogen) atoms. The molecule has 0 heterocycles. The van der Waals surface area contributed by atoms with E-state index >= 15 is 0 Å². The molecular formula is C12H17FN2O. The van der Waals surface area contributed by atoms with Gasteiger partial charge in [0.2, 0.25) is 5.91 Å². The van der Waals surface area contributed by atoms with Gasteiger partial charge in [-0.25, -0.2) is 4.39 Å². The highest BCUT2D eigenvalue weighted by Gasteiger charge is 2.03. The fourth-order valence-electron chi connectivity index (χ4n) is 1.39. The van der Waals surface area contributed by atoms with Crippen LogP contribution in [0, 0.1) is 12.7 Å². The summed E-state index contributed by atoms with van der Waals surface area (Å²) in [6.07, 6.45) is 0. The highest BCUT2D eigenvalue weighted by Crippen LogP contribution is 2.12. The summed E-state index contributed by atoms with van der Waals surface area (Å²) in [7, 11) is 0. The van der Waals surface area contributed by atoms with Gasteiger partial charge in [-0.1, -0.05) is 0 Å². The van der Waals surface area contributed by atoms with E-state index in [0.29, 0.717) is 5.69 Å². The molecule has 2 N–H and O–H groups in total. The normalized spacial score (nSPS) is 10.3. The van der Waals surface area contributed by atoms with Gasteiger partial charge in [0, 0.05) is 11.7 Å². The highest BCUT2D eigenvalue weighted by molar-refractivity contribution is 5.80. The van der Waals surface area contributed by atoms with Gasteiger partial charge in [0.15, 0.2) is 0 Å². The zero-order valence-corrected chi connectivity index (χ0v) is 9.80. The van der Waals surface area contributed by atoms with Crippen LogP contribution in [-0.2, 0) is 4.79 Å². The fourth-order valence-corrected chi connectivity index (χ4v) is 1.39. The molecule has 0 unspecified atom stereocenters. The quantitative estimate of drug-likeness (QED) is 0.822. The van der Waals surface area contributed by atoms with Crippen molar-refractivity contribution >= 4 is 11.6 Å². The van der Waals surface area contributed by atoms with Crippen molar-refractivity contribution in [3.8, 4) is 0 Å². The maximum atomic E-state index is 13.0. The molecule has 1 aromatic rings. The first-order valence-electron chi connectivity index (χ1n) is 5.28. The van der Waals surface area contributed by atoms with Crippen molar-refractivity contribution in [1.82, 2.24) is 5.32 Å². The molecule has 0 aliphatic heterocycles. The maximum Gasteiger partial charge on any atom is 0.239 e. The van der Waals surface area contributed by atoms with E-state index in [4.69, 9.17) is 0 Å². The Balaban J connectivity index is 2.51. The second-order valence-corrected chi connectivity index (χ2v) is 4.09. The molecule has 1 amide bonds. The van der Waals surface area contributed by atoms with Crippen LogP contribution in [0.2, 0.25) is 0 Å². The molecule has 0 spiro atoms. The summed E-state index contributed by atoms with van der Waals surface area (Å²) in [6, 6.07) is 4.73. The van der Waals surface area contributed by atoms with E-state index in [2.05, 4.69) is 10.6 Å². The molecule has 3 nitrogen and oxygen atoms in total. The van der Waals surface area contributed by atoms with E-state index in [-0.39, 0.29) is 24.3 Å². The van der Waals surface area contributed by atoms with Crippen LogP contribution in [-0.4, -0.2) is 18.5 Å². The topological polar surface area (TPSA) is 41.1 Å². The predicted octanol–water partition coefficient (Wildman–Crippen LogP) is 2.07. The number of carbonyl (C=O) groups is 1. The number of nitrogens with one attached hydrogen (secondary N) is 2. The van der Waals surface area contributed by atoms with Crippen LogP contribution in [0.1, 0.15) is 19.4 Å². The molecule has 0 aromatic heterocycles. The molecular weight excluding hydrogens is 207 g/mol. The third-order valence-corrected chi connectivity index (χ3v) is 1.94.